The molecule has 2 aliphatic rings. The molecule has 0 radical (unpaired) electrons. The summed E-state index contributed by atoms with van der Waals surface area (Å²) >= 11 is 1.98. The van der Waals surface area contributed by atoms with Crippen LogP contribution in [0.1, 0.15) is 17.5 Å². The third-order valence-corrected chi connectivity index (χ3v) is 5.11. The van der Waals surface area contributed by atoms with Gasteiger partial charge in [0.25, 0.3) is 0 Å². The van der Waals surface area contributed by atoms with Crippen LogP contribution in [-0.2, 0) is 11.2 Å². The van der Waals surface area contributed by atoms with E-state index in [9.17, 15) is 4.79 Å². The van der Waals surface area contributed by atoms with Gasteiger partial charge in [0, 0.05) is 19.0 Å². The Balaban J connectivity index is 1.47. The number of hydrogen-bond donors (Lipinski definition) is 1. The summed E-state index contributed by atoms with van der Waals surface area (Å²) in [5, 5.41) is 2.94. The summed E-state index contributed by atoms with van der Waals surface area (Å²) < 4.78 is 5.47. The zero-order chi connectivity index (χ0) is 13.8. The lowest BCUT2D eigenvalue weighted by molar-refractivity contribution is -0.116. The fourth-order valence-corrected chi connectivity index (χ4v) is 3.29. The summed E-state index contributed by atoms with van der Waals surface area (Å²) in [5.41, 5.74) is 2.29. The van der Waals surface area contributed by atoms with Crippen molar-refractivity contribution in [3.05, 3.63) is 35.4 Å². The number of rotatable bonds is 5. The van der Waals surface area contributed by atoms with E-state index in [2.05, 4.69) is 11.4 Å². The maximum Gasteiger partial charge on any atom is 0.243 e. The highest BCUT2D eigenvalue weighted by atomic mass is 32.2. The zero-order valence-electron chi connectivity index (χ0n) is 11.4. The topological polar surface area (TPSA) is 38.3 Å². The molecule has 2 aliphatic heterocycles. The summed E-state index contributed by atoms with van der Waals surface area (Å²) in [7, 11) is 0. The van der Waals surface area contributed by atoms with E-state index in [0.29, 0.717) is 0 Å². The molecule has 0 atom stereocenters. The second kappa shape index (κ2) is 6.35. The van der Waals surface area contributed by atoms with Crippen LogP contribution in [0.3, 0.4) is 0 Å². The second-order valence-electron chi connectivity index (χ2n) is 5.28. The molecular weight excluding hydrogens is 270 g/mol. The molecule has 0 saturated carbocycles. The van der Waals surface area contributed by atoms with Crippen LogP contribution < -0.4 is 10.1 Å². The third-order valence-electron chi connectivity index (χ3n) is 3.70. The zero-order valence-corrected chi connectivity index (χ0v) is 12.2. The summed E-state index contributed by atoms with van der Waals surface area (Å²) in [5.74, 6) is 4.28. The second-order valence-corrected chi connectivity index (χ2v) is 6.36. The van der Waals surface area contributed by atoms with E-state index < -0.39 is 0 Å². The van der Waals surface area contributed by atoms with Gasteiger partial charge >= 0.3 is 0 Å². The summed E-state index contributed by atoms with van der Waals surface area (Å²) in [6, 6.07) is 6.06. The van der Waals surface area contributed by atoms with E-state index in [4.69, 9.17) is 4.74 Å². The summed E-state index contributed by atoms with van der Waals surface area (Å²) in [6.45, 7) is 1.55. The van der Waals surface area contributed by atoms with Gasteiger partial charge in [0.15, 0.2) is 0 Å². The average Bonchev–Trinajstić information content (AvgIpc) is 2.86. The molecule has 2 heterocycles. The molecule has 1 N–H and O–H groups in total. The highest BCUT2D eigenvalue weighted by Crippen LogP contribution is 2.27. The Morgan fingerprint density at radius 1 is 1.45 bits per heavy atom. The minimum atomic E-state index is -0.00581. The Morgan fingerprint density at radius 2 is 2.35 bits per heavy atom. The molecule has 4 heteroatoms. The monoisotopic (exact) mass is 289 g/mol. The van der Waals surface area contributed by atoms with Gasteiger partial charge in [-0.15, -0.1) is 0 Å². The molecule has 1 amide bonds. The van der Waals surface area contributed by atoms with Crippen LogP contribution in [0.2, 0.25) is 0 Å². The molecule has 1 aromatic carbocycles. The molecule has 20 heavy (non-hydrogen) atoms. The van der Waals surface area contributed by atoms with Crippen LogP contribution in [0, 0.1) is 5.92 Å². The Labute approximate surface area is 123 Å². The molecule has 0 aliphatic carbocycles. The first kappa shape index (κ1) is 13.6. The summed E-state index contributed by atoms with van der Waals surface area (Å²) in [4.78, 5) is 11.7. The minimum Gasteiger partial charge on any atom is -0.493 e. The Hall–Kier alpha value is -1.42. The van der Waals surface area contributed by atoms with Crippen LogP contribution in [0.15, 0.2) is 24.3 Å². The van der Waals surface area contributed by atoms with Crippen molar-refractivity contribution < 1.29 is 9.53 Å². The number of carbonyl (C=O) groups is 1. The lowest BCUT2D eigenvalue weighted by atomic mass is 10.1. The first-order valence-electron chi connectivity index (χ1n) is 7.10. The standard InChI is InChI=1S/C16H19NO2S/c18-16(17-7-5-13-10-20-11-13)4-2-12-1-3-15-14(9-12)6-8-19-15/h1-4,9,13H,5-8,10-11H2,(H,17,18)/b4-2+. The number of benzene rings is 1. The van der Waals surface area contributed by atoms with Gasteiger partial charge < -0.3 is 10.1 Å². The van der Waals surface area contributed by atoms with Crippen molar-refractivity contribution in [3.63, 3.8) is 0 Å². The first-order valence-corrected chi connectivity index (χ1v) is 8.26. The molecule has 1 aromatic rings. The van der Waals surface area contributed by atoms with Gasteiger partial charge in [0.1, 0.15) is 5.75 Å². The van der Waals surface area contributed by atoms with Crippen LogP contribution in [0.4, 0.5) is 0 Å². The van der Waals surface area contributed by atoms with Crippen LogP contribution >= 0.6 is 11.8 Å². The van der Waals surface area contributed by atoms with Crippen molar-refractivity contribution in [1.82, 2.24) is 5.32 Å². The Morgan fingerprint density at radius 3 is 3.15 bits per heavy atom. The minimum absolute atomic E-state index is 0.00581. The number of hydrogen-bond acceptors (Lipinski definition) is 3. The van der Waals surface area contributed by atoms with Crippen molar-refractivity contribution in [2.24, 2.45) is 5.92 Å². The maximum atomic E-state index is 11.7. The van der Waals surface area contributed by atoms with Crippen molar-refractivity contribution in [2.75, 3.05) is 24.7 Å². The molecular formula is C16H19NO2S. The van der Waals surface area contributed by atoms with Crippen molar-refractivity contribution in [2.45, 2.75) is 12.8 Å². The number of ether oxygens (including phenoxy) is 1. The largest absolute Gasteiger partial charge is 0.493 e. The number of amides is 1. The maximum absolute atomic E-state index is 11.7. The van der Waals surface area contributed by atoms with Gasteiger partial charge in [0.05, 0.1) is 6.61 Å². The van der Waals surface area contributed by atoms with Gasteiger partial charge in [0.2, 0.25) is 5.91 Å². The third kappa shape index (κ3) is 3.37. The predicted octanol–water partition coefficient (Wildman–Crippen LogP) is 2.50. The van der Waals surface area contributed by atoms with Gasteiger partial charge in [-0.3, -0.25) is 4.79 Å². The van der Waals surface area contributed by atoms with E-state index in [1.807, 2.05) is 30.0 Å². The van der Waals surface area contributed by atoms with Gasteiger partial charge in [-0.1, -0.05) is 6.07 Å². The van der Waals surface area contributed by atoms with Crippen LogP contribution in [0.25, 0.3) is 6.08 Å². The Bertz CT molecular complexity index is 523. The highest BCUT2D eigenvalue weighted by molar-refractivity contribution is 8.00. The van der Waals surface area contributed by atoms with Gasteiger partial charge in [-0.05, 0) is 53.2 Å². The first-order chi connectivity index (χ1) is 9.81. The Kier molecular flexibility index (Phi) is 4.31. The van der Waals surface area contributed by atoms with E-state index >= 15 is 0 Å². The van der Waals surface area contributed by atoms with Crippen LogP contribution in [-0.4, -0.2) is 30.6 Å². The number of nitrogens with one attached hydrogen (secondary N) is 1. The molecule has 1 fully saturated rings. The molecule has 0 spiro atoms. The molecule has 1 saturated heterocycles. The fourth-order valence-electron chi connectivity index (χ4n) is 2.39. The molecule has 3 rings (SSSR count). The van der Waals surface area contributed by atoms with Crippen molar-refractivity contribution in [3.8, 4) is 5.75 Å². The molecule has 3 nitrogen and oxygen atoms in total. The highest BCUT2D eigenvalue weighted by Gasteiger charge is 2.17. The fraction of sp³-hybridized carbons (Fsp3) is 0.438. The normalized spacial score (nSPS) is 17.6. The van der Waals surface area contributed by atoms with E-state index in [1.54, 1.807) is 6.08 Å². The van der Waals surface area contributed by atoms with Crippen molar-refractivity contribution >= 4 is 23.7 Å². The smallest absolute Gasteiger partial charge is 0.243 e. The molecule has 0 unspecified atom stereocenters. The quantitative estimate of drug-likeness (QED) is 0.846. The number of fused-ring (bicyclic) bond motifs is 1. The number of carbonyl (C=O) groups excluding carboxylic acids is 1. The van der Waals surface area contributed by atoms with E-state index in [-0.39, 0.29) is 5.91 Å². The molecule has 106 valence electrons. The number of thioether (sulfide) groups is 1. The van der Waals surface area contributed by atoms with Crippen molar-refractivity contribution in [1.29, 1.82) is 0 Å². The SMILES string of the molecule is O=C(/C=C/c1ccc2c(c1)CCO2)NCCC1CSC1. The van der Waals surface area contributed by atoms with Crippen LogP contribution in [0.5, 0.6) is 5.75 Å². The lowest BCUT2D eigenvalue weighted by Gasteiger charge is -2.24. The average molecular weight is 289 g/mol. The van der Waals surface area contributed by atoms with E-state index in [1.165, 1.54) is 17.1 Å². The van der Waals surface area contributed by atoms with E-state index in [0.717, 1.165) is 43.2 Å². The summed E-state index contributed by atoms with van der Waals surface area (Å²) in [6.07, 6.45) is 5.55. The van der Waals surface area contributed by atoms with Gasteiger partial charge in [-0.2, -0.15) is 11.8 Å². The van der Waals surface area contributed by atoms with Gasteiger partial charge in [-0.25, -0.2) is 0 Å². The lowest BCUT2D eigenvalue weighted by Crippen LogP contribution is -2.27. The molecule has 0 bridgehead atoms. The molecule has 0 aromatic heterocycles. The predicted molar refractivity (Wildman–Crippen MR) is 83.1 cm³/mol.